The van der Waals surface area contributed by atoms with Crippen molar-refractivity contribution >= 4 is 29.0 Å². The zero-order valence-corrected chi connectivity index (χ0v) is 11.1. The summed E-state index contributed by atoms with van der Waals surface area (Å²) in [5, 5.41) is 3.92. The molecule has 1 aliphatic heterocycles. The zero-order valence-electron chi connectivity index (χ0n) is 10.3. The molecule has 1 aromatic rings. The monoisotopic (exact) mass is 265 g/mol. The number of benzene rings is 1. The largest absolute Gasteiger partial charge is 0.399 e. The molecule has 98 valence electrons. The molecule has 0 radical (unpaired) electrons. The van der Waals surface area contributed by atoms with E-state index in [4.69, 9.17) is 11.5 Å². The molecular weight excluding hydrogens is 246 g/mol. The summed E-state index contributed by atoms with van der Waals surface area (Å²) in [5.41, 5.74) is 13.0. The molecule has 0 spiro atoms. The van der Waals surface area contributed by atoms with Crippen molar-refractivity contribution in [2.75, 3.05) is 23.3 Å². The molecule has 0 aromatic heterocycles. The van der Waals surface area contributed by atoms with E-state index in [0.717, 1.165) is 12.2 Å². The van der Waals surface area contributed by atoms with Crippen LogP contribution in [0.3, 0.4) is 0 Å². The van der Waals surface area contributed by atoms with Crippen LogP contribution in [0.2, 0.25) is 0 Å². The van der Waals surface area contributed by atoms with Gasteiger partial charge in [0.2, 0.25) is 0 Å². The number of thioether (sulfide) groups is 1. The smallest absolute Gasteiger partial charge is 0.250 e. The Kier molecular flexibility index (Phi) is 4.36. The Morgan fingerprint density at radius 2 is 2.28 bits per heavy atom. The Bertz CT molecular complexity index is 430. The summed E-state index contributed by atoms with van der Waals surface area (Å²) in [5.74, 6) is 0.806. The van der Waals surface area contributed by atoms with E-state index in [2.05, 4.69) is 5.32 Å². The van der Waals surface area contributed by atoms with E-state index < -0.39 is 5.91 Å². The van der Waals surface area contributed by atoms with Crippen LogP contribution in [0.5, 0.6) is 0 Å². The highest BCUT2D eigenvalue weighted by Gasteiger charge is 2.15. The number of primary amides is 1. The second kappa shape index (κ2) is 6.00. The van der Waals surface area contributed by atoms with Gasteiger partial charge in [0, 0.05) is 23.2 Å². The number of hydrogen-bond donors (Lipinski definition) is 3. The first-order chi connectivity index (χ1) is 8.66. The maximum absolute atomic E-state index is 11.3. The first-order valence-electron chi connectivity index (χ1n) is 6.21. The third-order valence-electron chi connectivity index (χ3n) is 3.10. The standard InChI is InChI=1S/C13H19N3OS/c14-9-4-5-11(13(15)17)12(7-9)16-8-10-3-1-2-6-18-10/h4-5,7,10,16H,1-3,6,8,14H2,(H2,15,17). The molecule has 0 saturated carbocycles. The van der Waals surface area contributed by atoms with Gasteiger partial charge in [-0.25, -0.2) is 0 Å². The maximum atomic E-state index is 11.3. The number of anilines is 2. The molecular formula is C13H19N3OS. The molecule has 4 nitrogen and oxygen atoms in total. The minimum Gasteiger partial charge on any atom is -0.399 e. The average Bonchev–Trinajstić information content (AvgIpc) is 2.37. The van der Waals surface area contributed by atoms with Crippen molar-refractivity contribution < 1.29 is 4.79 Å². The molecule has 1 fully saturated rings. The van der Waals surface area contributed by atoms with Gasteiger partial charge >= 0.3 is 0 Å². The van der Waals surface area contributed by atoms with Crippen molar-refractivity contribution in [2.45, 2.75) is 24.5 Å². The van der Waals surface area contributed by atoms with Crippen LogP contribution in [-0.2, 0) is 0 Å². The summed E-state index contributed by atoms with van der Waals surface area (Å²) >= 11 is 1.99. The average molecular weight is 265 g/mol. The summed E-state index contributed by atoms with van der Waals surface area (Å²) < 4.78 is 0. The van der Waals surface area contributed by atoms with Gasteiger partial charge in [0.15, 0.2) is 0 Å². The highest BCUT2D eigenvalue weighted by atomic mass is 32.2. The second-order valence-corrected chi connectivity index (χ2v) is 5.95. The normalized spacial score (nSPS) is 19.4. The number of nitrogens with one attached hydrogen (secondary N) is 1. The predicted octanol–water partition coefficient (Wildman–Crippen LogP) is 2.07. The number of hydrogen-bond acceptors (Lipinski definition) is 4. The molecule has 0 bridgehead atoms. The van der Waals surface area contributed by atoms with E-state index in [-0.39, 0.29) is 0 Å². The van der Waals surface area contributed by atoms with Crippen LogP contribution < -0.4 is 16.8 Å². The molecule has 0 aliphatic carbocycles. The van der Waals surface area contributed by atoms with Crippen LogP contribution in [0, 0.1) is 0 Å². The van der Waals surface area contributed by atoms with E-state index in [9.17, 15) is 4.79 Å². The quantitative estimate of drug-likeness (QED) is 0.728. The Labute approximate surface area is 111 Å². The highest BCUT2D eigenvalue weighted by Crippen LogP contribution is 2.26. The molecule has 18 heavy (non-hydrogen) atoms. The number of carbonyl (C=O) groups excluding carboxylic acids is 1. The van der Waals surface area contributed by atoms with Crippen LogP contribution in [-0.4, -0.2) is 23.5 Å². The number of rotatable bonds is 4. The zero-order chi connectivity index (χ0) is 13.0. The fourth-order valence-corrected chi connectivity index (χ4v) is 3.35. The van der Waals surface area contributed by atoms with Gasteiger partial charge in [-0.3, -0.25) is 4.79 Å². The summed E-state index contributed by atoms with van der Waals surface area (Å²) in [4.78, 5) is 11.3. The first-order valence-corrected chi connectivity index (χ1v) is 7.26. The van der Waals surface area contributed by atoms with Gasteiger partial charge in [-0.2, -0.15) is 11.8 Å². The van der Waals surface area contributed by atoms with Gasteiger partial charge in [-0.05, 0) is 36.8 Å². The number of amides is 1. The second-order valence-electron chi connectivity index (χ2n) is 4.54. The SMILES string of the molecule is NC(=O)c1ccc(N)cc1NCC1CCCCS1. The van der Waals surface area contributed by atoms with Gasteiger partial charge in [-0.1, -0.05) is 6.42 Å². The summed E-state index contributed by atoms with van der Waals surface area (Å²) in [6.07, 6.45) is 3.83. The van der Waals surface area contributed by atoms with Gasteiger partial charge < -0.3 is 16.8 Å². The van der Waals surface area contributed by atoms with Crippen molar-refractivity contribution in [3.8, 4) is 0 Å². The lowest BCUT2D eigenvalue weighted by Gasteiger charge is -2.22. The predicted molar refractivity (Wildman–Crippen MR) is 78.0 cm³/mol. The van der Waals surface area contributed by atoms with Gasteiger partial charge in [-0.15, -0.1) is 0 Å². The maximum Gasteiger partial charge on any atom is 0.250 e. The van der Waals surface area contributed by atoms with Crippen molar-refractivity contribution in [3.63, 3.8) is 0 Å². The molecule has 1 saturated heterocycles. The lowest BCUT2D eigenvalue weighted by molar-refractivity contribution is 0.100. The molecule has 1 amide bonds. The topological polar surface area (TPSA) is 81.1 Å². The minimum absolute atomic E-state index is 0.422. The van der Waals surface area contributed by atoms with E-state index in [1.54, 1.807) is 18.2 Å². The Morgan fingerprint density at radius 3 is 2.94 bits per heavy atom. The van der Waals surface area contributed by atoms with E-state index >= 15 is 0 Å². The number of nitrogen functional groups attached to an aromatic ring is 1. The lowest BCUT2D eigenvalue weighted by atomic mass is 10.1. The van der Waals surface area contributed by atoms with Crippen LogP contribution in [0.1, 0.15) is 29.6 Å². The van der Waals surface area contributed by atoms with Crippen LogP contribution in [0.15, 0.2) is 18.2 Å². The molecule has 1 atom stereocenters. The van der Waals surface area contributed by atoms with E-state index in [0.29, 0.717) is 16.5 Å². The lowest BCUT2D eigenvalue weighted by Crippen LogP contribution is -2.22. The molecule has 1 heterocycles. The third kappa shape index (κ3) is 3.32. The van der Waals surface area contributed by atoms with Crippen LogP contribution in [0.25, 0.3) is 0 Å². The van der Waals surface area contributed by atoms with Crippen molar-refractivity contribution in [3.05, 3.63) is 23.8 Å². The summed E-state index contributed by atoms with van der Waals surface area (Å²) in [6.45, 7) is 0.856. The Balaban J connectivity index is 2.03. The minimum atomic E-state index is -0.422. The molecule has 1 unspecified atom stereocenters. The number of nitrogens with two attached hydrogens (primary N) is 2. The van der Waals surface area contributed by atoms with E-state index in [1.165, 1.54) is 25.0 Å². The Morgan fingerprint density at radius 1 is 1.44 bits per heavy atom. The number of carbonyl (C=O) groups is 1. The van der Waals surface area contributed by atoms with Gasteiger partial charge in [0.1, 0.15) is 0 Å². The highest BCUT2D eigenvalue weighted by molar-refractivity contribution is 7.99. The van der Waals surface area contributed by atoms with Crippen molar-refractivity contribution in [1.29, 1.82) is 0 Å². The molecule has 5 N–H and O–H groups in total. The molecule has 5 heteroatoms. The fraction of sp³-hybridized carbons (Fsp3) is 0.462. The van der Waals surface area contributed by atoms with Crippen LogP contribution >= 0.6 is 11.8 Å². The van der Waals surface area contributed by atoms with Gasteiger partial charge in [0.05, 0.1) is 5.56 Å². The van der Waals surface area contributed by atoms with Crippen molar-refractivity contribution in [2.24, 2.45) is 5.73 Å². The van der Waals surface area contributed by atoms with Crippen LogP contribution in [0.4, 0.5) is 11.4 Å². The molecule has 2 rings (SSSR count). The first kappa shape index (κ1) is 13.1. The fourth-order valence-electron chi connectivity index (χ4n) is 2.12. The Hall–Kier alpha value is -1.36. The summed E-state index contributed by atoms with van der Waals surface area (Å²) in [7, 11) is 0. The van der Waals surface area contributed by atoms with Gasteiger partial charge in [0.25, 0.3) is 5.91 Å². The van der Waals surface area contributed by atoms with E-state index in [1.807, 2.05) is 11.8 Å². The molecule has 1 aliphatic rings. The summed E-state index contributed by atoms with van der Waals surface area (Å²) in [6, 6.07) is 5.14. The van der Waals surface area contributed by atoms with Crippen molar-refractivity contribution in [1.82, 2.24) is 0 Å². The third-order valence-corrected chi connectivity index (χ3v) is 4.50. The molecule has 1 aromatic carbocycles.